The first-order valence-corrected chi connectivity index (χ1v) is 9.53. The van der Waals surface area contributed by atoms with Gasteiger partial charge in [-0.25, -0.2) is 4.79 Å². The Kier molecular flexibility index (Phi) is 11.2. The van der Waals surface area contributed by atoms with E-state index < -0.39 is 12.1 Å². The Morgan fingerprint density at radius 1 is 0.931 bits per heavy atom. The van der Waals surface area contributed by atoms with Gasteiger partial charge in [-0.05, 0) is 23.5 Å². The molecular formula is C22H28N4O3. The van der Waals surface area contributed by atoms with Gasteiger partial charge in [-0.3, -0.25) is 4.79 Å². The van der Waals surface area contributed by atoms with Crippen molar-refractivity contribution < 1.29 is 14.3 Å². The molecular weight excluding hydrogens is 368 g/mol. The summed E-state index contributed by atoms with van der Waals surface area (Å²) in [5, 5.41) is 17.6. The van der Waals surface area contributed by atoms with Crippen molar-refractivity contribution in [2.24, 2.45) is 5.92 Å². The number of hydrogen-bond acceptors (Lipinski definition) is 5. The molecule has 0 unspecified atom stereocenters. The van der Waals surface area contributed by atoms with Crippen molar-refractivity contribution in [3.05, 3.63) is 71.8 Å². The minimum Gasteiger partial charge on any atom is -0.445 e. The van der Waals surface area contributed by atoms with Crippen molar-refractivity contribution in [3.8, 4) is 0 Å². The highest BCUT2D eigenvalue weighted by atomic mass is 16.5. The SMILES string of the molecule is CC(C)CCNC(=O)[C@H](Cc1ccccc1)NC(=O)OCc1ccccc1.N#N. The van der Waals surface area contributed by atoms with Gasteiger partial charge in [-0.15, -0.1) is 0 Å². The van der Waals surface area contributed by atoms with E-state index in [2.05, 4.69) is 24.5 Å². The van der Waals surface area contributed by atoms with E-state index in [4.69, 9.17) is 15.5 Å². The molecule has 2 aromatic rings. The molecule has 7 heteroatoms. The Morgan fingerprint density at radius 2 is 1.48 bits per heavy atom. The second-order valence-corrected chi connectivity index (χ2v) is 6.92. The number of carbonyl (C=O) groups is 2. The fourth-order valence-electron chi connectivity index (χ4n) is 2.57. The van der Waals surface area contributed by atoms with E-state index >= 15 is 0 Å². The molecule has 0 aliphatic heterocycles. The smallest absolute Gasteiger partial charge is 0.408 e. The van der Waals surface area contributed by atoms with Crippen molar-refractivity contribution in [1.82, 2.24) is 10.6 Å². The molecule has 0 aromatic heterocycles. The van der Waals surface area contributed by atoms with E-state index in [1.165, 1.54) is 0 Å². The van der Waals surface area contributed by atoms with Gasteiger partial charge in [-0.2, -0.15) is 0 Å². The quantitative estimate of drug-likeness (QED) is 0.627. The van der Waals surface area contributed by atoms with E-state index in [-0.39, 0.29) is 12.5 Å². The maximum Gasteiger partial charge on any atom is 0.408 e. The monoisotopic (exact) mass is 396 g/mol. The molecule has 0 aliphatic rings. The van der Waals surface area contributed by atoms with Crippen LogP contribution >= 0.6 is 0 Å². The Bertz CT molecular complexity index is 748. The summed E-state index contributed by atoms with van der Waals surface area (Å²) in [7, 11) is 0. The zero-order valence-corrected chi connectivity index (χ0v) is 16.9. The largest absolute Gasteiger partial charge is 0.445 e. The van der Waals surface area contributed by atoms with Gasteiger partial charge in [0.1, 0.15) is 12.6 Å². The average molecular weight is 396 g/mol. The minimum absolute atomic E-state index is 0.166. The van der Waals surface area contributed by atoms with Crippen LogP contribution in [0.5, 0.6) is 0 Å². The predicted octanol–water partition coefficient (Wildman–Crippen LogP) is 3.72. The van der Waals surface area contributed by atoms with E-state index in [1.54, 1.807) is 0 Å². The van der Waals surface area contributed by atoms with Crippen molar-refractivity contribution in [2.45, 2.75) is 39.3 Å². The van der Waals surface area contributed by atoms with Crippen LogP contribution < -0.4 is 10.6 Å². The summed E-state index contributed by atoms with van der Waals surface area (Å²) in [5.74, 6) is 0.304. The van der Waals surface area contributed by atoms with Crippen LogP contribution in [0.2, 0.25) is 0 Å². The third-order valence-electron chi connectivity index (χ3n) is 4.12. The number of carbonyl (C=O) groups excluding carboxylic acids is 2. The maximum absolute atomic E-state index is 12.6. The number of amides is 2. The lowest BCUT2D eigenvalue weighted by molar-refractivity contribution is -0.123. The fraction of sp³-hybridized carbons (Fsp3) is 0.364. The first-order chi connectivity index (χ1) is 14.0. The molecule has 29 heavy (non-hydrogen) atoms. The van der Waals surface area contributed by atoms with Crippen LogP contribution in [0.25, 0.3) is 0 Å². The van der Waals surface area contributed by atoms with Gasteiger partial charge >= 0.3 is 6.09 Å². The summed E-state index contributed by atoms with van der Waals surface area (Å²) in [6.45, 7) is 4.96. The number of hydrogen-bond donors (Lipinski definition) is 2. The first kappa shape index (κ1) is 23.6. The molecule has 0 bridgehead atoms. The molecule has 154 valence electrons. The zero-order valence-electron chi connectivity index (χ0n) is 16.9. The molecule has 0 aliphatic carbocycles. The Morgan fingerprint density at radius 3 is 2.03 bits per heavy atom. The highest BCUT2D eigenvalue weighted by Crippen LogP contribution is 2.06. The lowest BCUT2D eigenvalue weighted by atomic mass is 10.1. The normalized spacial score (nSPS) is 10.9. The second kappa shape index (κ2) is 13.7. The molecule has 1 atom stereocenters. The third kappa shape index (κ3) is 9.91. The van der Waals surface area contributed by atoms with Gasteiger partial charge in [0.25, 0.3) is 0 Å². The molecule has 0 saturated heterocycles. The lowest BCUT2D eigenvalue weighted by Crippen LogP contribution is -2.48. The van der Waals surface area contributed by atoms with Gasteiger partial charge in [0.15, 0.2) is 0 Å². The summed E-state index contributed by atoms with van der Waals surface area (Å²) in [6.07, 6.45) is 0.704. The van der Waals surface area contributed by atoms with Gasteiger partial charge in [-0.1, -0.05) is 74.5 Å². The Hall–Kier alpha value is -3.40. The molecule has 0 fully saturated rings. The summed E-state index contributed by atoms with van der Waals surface area (Å²) in [4.78, 5) is 24.7. The van der Waals surface area contributed by atoms with Crippen LogP contribution in [0, 0.1) is 16.7 Å². The van der Waals surface area contributed by atoms with E-state index in [9.17, 15) is 9.59 Å². The number of nitrogens with zero attached hydrogens (tertiary/aromatic N) is 2. The van der Waals surface area contributed by atoms with Crippen molar-refractivity contribution in [1.29, 1.82) is 10.8 Å². The van der Waals surface area contributed by atoms with Crippen LogP contribution in [-0.2, 0) is 22.6 Å². The molecule has 0 spiro atoms. The Labute approximate surface area is 171 Å². The van der Waals surface area contributed by atoms with Crippen LogP contribution in [0.3, 0.4) is 0 Å². The van der Waals surface area contributed by atoms with E-state index in [0.717, 1.165) is 17.5 Å². The molecule has 2 N–H and O–H groups in total. The van der Waals surface area contributed by atoms with Crippen LogP contribution in [0.4, 0.5) is 4.79 Å². The van der Waals surface area contributed by atoms with Crippen molar-refractivity contribution >= 4 is 12.0 Å². The molecule has 7 nitrogen and oxygen atoms in total. The lowest BCUT2D eigenvalue weighted by Gasteiger charge is -2.19. The highest BCUT2D eigenvalue weighted by Gasteiger charge is 2.21. The Balaban J connectivity index is 0.00000204. The molecule has 0 saturated carbocycles. The van der Waals surface area contributed by atoms with Crippen molar-refractivity contribution in [3.63, 3.8) is 0 Å². The summed E-state index contributed by atoms with van der Waals surface area (Å²) in [6, 6.07) is 18.4. The highest BCUT2D eigenvalue weighted by molar-refractivity contribution is 5.85. The molecule has 0 heterocycles. The second-order valence-electron chi connectivity index (χ2n) is 6.92. The van der Waals surface area contributed by atoms with Crippen LogP contribution in [0.1, 0.15) is 31.4 Å². The van der Waals surface area contributed by atoms with E-state index in [1.807, 2.05) is 60.7 Å². The van der Waals surface area contributed by atoms with Gasteiger partial charge in [0, 0.05) is 23.8 Å². The zero-order chi connectivity index (χ0) is 21.5. The molecule has 2 amide bonds. The number of nitrogens with one attached hydrogen (secondary N) is 2. The third-order valence-corrected chi connectivity index (χ3v) is 4.12. The number of benzene rings is 2. The average Bonchev–Trinajstić information content (AvgIpc) is 2.74. The summed E-state index contributed by atoms with van der Waals surface area (Å²) < 4.78 is 5.26. The minimum atomic E-state index is -0.678. The van der Waals surface area contributed by atoms with Crippen LogP contribution in [0.15, 0.2) is 60.7 Å². The van der Waals surface area contributed by atoms with Gasteiger partial charge < -0.3 is 15.4 Å². The summed E-state index contributed by atoms with van der Waals surface area (Å²) >= 11 is 0. The van der Waals surface area contributed by atoms with E-state index in [0.29, 0.717) is 18.9 Å². The predicted molar refractivity (Wildman–Crippen MR) is 110 cm³/mol. The topological polar surface area (TPSA) is 115 Å². The number of rotatable bonds is 9. The molecule has 2 rings (SSSR count). The number of alkyl carbamates (subject to hydrolysis) is 1. The van der Waals surface area contributed by atoms with Crippen molar-refractivity contribution in [2.75, 3.05) is 6.54 Å². The standard InChI is InChI=1S/C22H28N2O3.N2/c1-17(2)13-14-23-21(25)20(15-18-9-5-3-6-10-18)24-22(26)27-16-19-11-7-4-8-12-19;1-2/h3-12,17,20H,13-16H2,1-2H3,(H,23,25)(H,24,26);/t20-;/m0./s1. The molecule has 0 radical (unpaired) electrons. The van der Waals surface area contributed by atoms with Gasteiger partial charge in [0.2, 0.25) is 5.91 Å². The first-order valence-electron chi connectivity index (χ1n) is 9.53. The summed E-state index contributed by atoms with van der Waals surface area (Å²) in [5.41, 5.74) is 1.87. The van der Waals surface area contributed by atoms with Crippen LogP contribution in [-0.4, -0.2) is 24.6 Å². The van der Waals surface area contributed by atoms with Gasteiger partial charge in [0.05, 0.1) is 0 Å². The maximum atomic E-state index is 12.6. The molecule has 2 aromatic carbocycles. The number of ether oxygens (including phenoxy) is 1. The fourth-order valence-corrected chi connectivity index (χ4v) is 2.57.